The Morgan fingerprint density at radius 3 is 2.64 bits per heavy atom. The number of aliphatic carboxylic acids is 1. The maximum absolute atomic E-state index is 10.7. The molecule has 1 fully saturated rings. The molecule has 0 saturated carbocycles. The summed E-state index contributed by atoms with van der Waals surface area (Å²) in [5.74, 6) is -0.555. The van der Waals surface area contributed by atoms with Gasteiger partial charge in [-0.1, -0.05) is 11.6 Å². The van der Waals surface area contributed by atoms with Gasteiger partial charge >= 0.3 is 5.97 Å². The van der Waals surface area contributed by atoms with E-state index in [1.54, 1.807) is 18.3 Å². The maximum atomic E-state index is 10.7. The van der Waals surface area contributed by atoms with Crippen LogP contribution in [0, 0.1) is 0 Å². The van der Waals surface area contributed by atoms with Gasteiger partial charge in [0.2, 0.25) is 0 Å². The van der Waals surface area contributed by atoms with Crippen LogP contribution in [0.1, 0.15) is 5.56 Å². The van der Waals surface area contributed by atoms with Gasteiger partial charge in [0.05, 0.1) is 31.0 Å². The smallest absolute Gasteiger partial charge is 0.341 e. The number of hydrogen-bond donors (Lipinski definition) is 1. The second kappa shape index (κ2) is 9.43. The lowest BCUT2D eigenvalue weighted by atomic mass is 10.2. The molecule has 2 aromatic carbocycles. The molecule has 7 nitrogen and oxygen atoms in total. The molecule has 1 heterocycles. The largest absolute Gasteiger partial charge is 0.493 e. The SMILES string of the molecule is COc1cc(C=Nc2ccc(N3CCOCC3)cc2)cc(Cl)c1OCC(=O)O. The maximum Gasteiger partial charge on any atom is 0.341 e. The average Bonchev–Trinajstić information content (AvgIpc) is 2.72. The number of benzene rings is 2. The number of carbonyl (C=O) groups is 1. The summed E-state index contributed by atoms with van der Waals surface area (Å²) in [5, 5.41) is 9.01. The van der Waals surface area contributed by atoms with E-state index in [0.717, 1.165) is 37.7 Å². The molecule has 2 aromatic rings. The third-order valence-corrected chi connectivity index (χ3v) is 4.46. The molecule has 0 amide bonds. The van der Waals surface area contributed by atoms with E-state index < -0.39 is 12.6 Å². The van der Waals surface area contributed by atoms with Crippen molar-refractivity contribution in [3.63, 3.8) is 0 Å². The number of carboxylic acids is 1. The number of methoxy groups -OCH3 is 1. The predicted molar refractivity (Wildman–Crippen MR) is 108 cm³/mol. The van der Waals surface area contributed by atoms with E-state index in [0.29, 0.717) is 11.3 Å². The van der Waals surface area contributed by atoms with Crippen LogP contribution in [0.15, 0.2) is 41.4 Å². The van der Waals surface area contributed by atoms with E-state index in [1.807, 2.05) is 24.3 Å². The van der Waals surface area contributed by atoms with Crippen molar-refractivity contribution in [2.45, 2.75) is 0 Å². The van der Waals surface area contributed by atoms with Gasteiger partial charge in [0.1, 0.15) is 0 Å². The van der Waals surface area contributed by atoms with Gasteiger partial charge in [-0.2, -0.15) is 0 Å². The monoisotopic (exact) mass is 404 g/mol. The van der Waals surface area contributed by atoms with Crippen molar-refractivity contribution in [3.8, 4) is 11.5 Å². The topological polar surface area (TPSA) is 80.6 Å². The highest BCUT2D eigenvalue weighted by Gasteiger charge is 2.13. The molecule has 0 radical (unpaired) electrons. The number of morpholine rings is 1. The standard InChI is InChI=1S/C20H21ClN2O5/c1-26-18-11-14(10-17(21)20(18)28-13-19(24)25)12-22-15-2-4-16(5-3-15)23-6-8-27-9-7-23/h2-5,10-12H,6-9,13H2,1H3,(H,24,25). The van der Waals surface area contributed by atoms with Crippen LogP contribution in [0.5, 0.6) is 11.5 Å². The summed E-state index contributed by atoms with van der Waals surface area (Å²) in [7, 11) is 1.46. The molecule has 148 valence electrons. The number of rotatable bonds is 7. The first-order valence-corrected chi connectivity index (χ1v) is 9.13. The second-order valence-corrected chi connectivity index (χ2v) is 6.50. The zero-order chi connectivity index (χ0) is 19.9. The molecule has 1 saturated heterocycles. The van der Waals surface area contributed by atoms with Gasteiger partial charge in [-0.3, -0.25) is 4.99 Å². The molecule has 0 aliphatic carbocycles. The number of hydrogen-bond acceptors (Lipinski definition) is 6. The lowest BCUT2D eigenvalue weighted by Gasteiger charge is -2.28. The molecule has 0 bridgehead atoms. The molecule has 8 heteroatoms. The van der Waals surface area contributed by atoms with Crippen molar-refractivity contribution >= 4 is 35.2 Å². The Morgan fingerprint density at radius 2 is 2.00 bits per heavy atom. The van der Waals surface area contributed by atoms with Gasteiger partial charge in [0.15, 0.2) is 18.1 Å². The van der Waals surface area contributed by atoms with Crippen LogP contribution in [0.2, 0.25) is 5.02 Å². The molecule has 0 aromatic heterocycles. The Kier molecular flexibility index (Phi) is 6.73. The van der Waals surface area contributed by atoms with Crippen molar-refractivity contribution in [2.24, 2.45) is 4.99 Å². The molecular formula is C20H21ClN2O5. The Hall–Kier alpha value is -2.77. The number of anilines is 1. The molecule has 0 atom stereocenters. The van der Waals surface area contributed by atoms with Crippen molar-refractivity contribution in [2.75, 3.05) is 44.9 Å². The van der Waals surface area contributed by atoms with Crippen LogP contribution in [0.3, 0.4) is 0 Å². The molecule has 1 aliphatic heterocycles. The molecule has 28 heavy (non-hydrogen) atoms. The van der Waals surface area contributed by atoms with Crippen LogP contribution in [0.25, 0.3) is 0 Å². The van der Waals surface area contributed by atoms with Gasteiger partial charge in [-0.05, 0) is 42.0 Å². The van der Waals surface area contributed by atoms with Crippen LogP contribution >= 0.6 is 11.6 Å². The van der Waals surface area contributed by atoms with E-state index in [9.17, 15) is 4.79 Å². The highest BCUT2D eigenvalue weighted by atomic mass is 35.5. The summed E-state index contributed by atoms with van der Waals surface area (Å²) >= 11 is 6.21. The fourth-order valence-corrected chi connectivity index (χ4v) is 3.08. The van der Waals surface area contributed by atoms with Crippen LogP contribution in [-0.2, 0) is 9.53 Å². The summed E-state index contributed by atoms with van der Waals surface area (Å²) in [6.07, 6.45) is 1.67. The normalized spacial score (nSPS) is 14.3. The zero-order valence-corrected chi connectivity index (χ0v) is 16.2. The first kappa shape index (κ1) is 20.0. The van der Waals surface area contributed by atoms with Gasteiger partial charge in [-0.25, -0.2) is 4.79 Å². The first-order chi connectivity index (χ1) is 13.6. The van der Waals surface area contributed by atoms with Crippen molar-refractivity contribution in [3.05, 3.63) is 47.0 Å². The van der Waals surface area contributed by atoms with E-state index >= 15 is 0 Å². The molecule has 3 rings (SSSR count). The number of nitrogens with zero attached hydrogens (tertiary/aromatic N) is 2. The van der Waals surface area contributed by atoms with Gasteiger partial charge < -0.3 is 24.2 Å². The lowest BCUT2D eigenvalue weighted by molar-refractivity contribution is -0.139. The minimum absolute atomic E-state index is 0.193. The molecule has 0 unspecified atom stereocenters. The van der Waals surface area contributed by atoms with Crippen molar-refractivity contribution in [1.29, 1.82) is 0 Å². The molecule has 1 aliphatic rings. The number of ether oxygens (including phenoxy) is 3. The number of carboxylic acid groups (broad SMARTS) is 1. The predicted octanol–water partition coefficient (Wildman–Crippen LogP) is 3.40. The first-order valence-electron chi connectivity index (χ1n) is 8.76. The highest BCUT2D eigenvalue weighted by Crippen LogP contribution is 2.36. The van der Waals surface area contributed by atoms with Gasteiger partial charge in [0, 0.05) is 25.0 Å². The summed E-state index contributed by atoms with van der Waals surface area (Å²) in [4.78, 5) is 17.4. The lowest BCUT2D eigenvalue weighted by Crippen LogP contribution is -2.36. The Morgan fingerprint density at radius 1 is 1.29 bits per heavy atom. The third-order valence-electron chi connectivity index (χ3n) is 4.18. The van der Waals surface area contributed by atoms with Crippen molar-refractivity contribution < 1.29 is 24.1 Å². The minimum atomic E-state index is -1.09. The van der Waals surface area contributed by atoms with E-state index in [-0.39, 0.29) is 10.8 Å². The fraction of sp³-hybridized carbons (Fsp3) is 0.300. The second-order valence-electron chi connectivity index (χ2n) is 6.09. The van der Waals surface area contributed by atoms with E-state index in [1.165, 1.54) is 7.11 Å². The van der Waals surface area contributed by atoms with Crippen LogP contribution in [-0.4, -0.2) is 57.3 Å². The Balaban J connectivity index is 1.72. The summed E-state index contributed by atoms with van der Waals surface area (Å²) in [5.41, 5.74) is 2.66. The average molecular weight is 405 g/mol. The summed E-state index contributed by atoms with van der Waals surface area (Å²) in [6.45, 7) is 2.76. The molecule has 0 spiro atoms. The van der Waals surface area contributed by atoms with E-state index in [4.69, 9.17) is 30.9 Å². The summed E-state index contributed by atoms with van der Waals surface area (Å²) in [6, 6.07) is 11.3. The Labute approximate surface area is 168 Å². The van der Waals surface area contributed by atoms with Crippen molar-refractivity contribution in [1.82, 2.24) is 0 Å². The van der Waals surface area contributed by atoms with E-state index in [2.05, 4.69) is 9.89 Å². The molecule has 1 N–H and O–H groups in total. The highest BCUT2D eigenvalue weighted by molar-refractivity contribution is 6.32. The summed E-state index contributed by atoms with van der Waals surface area (Å²) < 4.78 is 15.8. The number of halogens is 1. The number of aliphatic imine (C=N–C) groups is 1. The van der Waals surface area contributed by atoms with Crippen LogP contribution in [0.4, 0.5) is 11.4 Å². The Bertz CT molecular complexity index is 848. The fourth-order valence-electron chi connectivity index (χ4n) is 2.81. The van der Waals surface area contributed by atoms with Gasteiger partial charge in [0.25, 0.3) is 0 Å². The zero-order valence-electron chi connectivity index (χ0n) is 15.4. The molecular weight excluding hydrogens is 384 g/mol. The minimum Gasteiger partial charge on any atom is -0.493 e. The third kappa shape index (κ3) is 5.15. The van der Waals surface area contributed by atoms with Crippen LogP contribution < -0.4 is 14.4 Å². The van der Waals surface area contributed by atoms with Gasteiger partial charge in [-0.15, -0.1) is 0 Å². The quantitative estimate of drug-likeness (QED) is 0.712.